The van der Waals surface area contributed by atoms with Crippen molar-refractivity contribution in [1.29, 1.82) is 0 Å². The number of nitrogens with zero attached hydrogens (tertiary/aromatic N) is 1. The topological polar surface area (TPSA) is 84.1 Å². The number of anilines is 1. The minimum absolute atomic E-state index is 0.167. The van der Waals surface area contributed by atoms with Gasteiger partial charge in [0.15, 0.2) is 5.16 Å². The van der Waals surface area contributed by atoms with E-state index in [1.165, 1.54) is 11.8 Å². The Bertz CT molecular complexity index is 853. The summed E-state index contributed by atoms with van der Waals surface area (Å²) in [4.78, 5) is 32.0. The molecule has 8 heteroatoms. The van der Waals surface area contributed by atoms with Crippen LogP contribution in [0.2, 0.25) is 0 Å². The number of amides is 1. The third-order valence-electron chi connectivity index (χ3n) is 3.78. The van der Waals surface area contributed by atoms with Gasteiger partial charge in [0, 0.05) is 22.4 Å². The first-order valence-corrected chi connectivity index (χ1v) is 9.21. The Morgan fingerprint density at radius 2 is 2.21 bits per heavy atom. The average molecular weight is 410 g/mol. The van der Waals surface area contributed by atoms with Crippen molar-refractivity contribution in [3.8, 4) is 5.75 Å². The number of hydrogen-bond acceptors (Lipinski definition) is 5. The lowest BCUT2D eigenvalue weighted by Crippen LogP contribution is -2.31. The molecule has 24 heavy (non-hydrogen) atoms. The molecule has 1 amide bonds. The number of aromatic nitrogens is 2. The van der Waals surface area contributed by atoms with Gasteiger partial charge in [-0.3, -0.25) is 9.59 Å². The summed E-state index contributed by atoms with van der Waals surface area (Å²) < 4.78 is 6.27. The molecule has 1 aromatic heterocycles. The number of H-pyrrole nitrogens is 1. The van der Waals surface area contributed by atoms with Crippen LogP contribution in [0.25, 0.3) is 0 Å². The summed E-state index contributed by atoms with van der Waals surface area (Å²) >= 11 is 4.86. The highest BCUT2D eigenvalue weighted by Gasteiger charge is 2.32. The largest absolute Gasteiger partial charge is 0.496 e. The predicted octanol–water partition coefficient (Wildman–Crippen LogP) is 3.13. The number of rotatable bonds is 4. The van der Waals surface area contributed by atoms with E-state index in [4.69, 9.17) is 4.74 Å². The van der Waals surface area contributed by atoms with Gasteiger partial charge in [-0.05, 0) is 24.0 Å². The molecule has 0 saturated heterocycles. The van der Waals surface area contributed by atoms with Crippen molar-refractivity contribution in [2.75, 3.05) is 18.2 Å². The molecule has 126 valence electrons. The lowest BCUT2D eigenvalue weighted by molar-refractivity contribution is -0.116. The molecule has 6 nitrogen and oxygen atoms in total. The molecule has 1 aliphatic rings. The summed E-state index contributed by atoms with van der Waals surface area (Å²) in [6, 6.07) is 5.55. The standard InChI is InChI=1S/C16H16BrN3O3S/c1-3-24-16-19-14-13(15(22)20-16)10(7-12(21)18-14)9-6-8(17)4-5-11(9)23-2/h4-6,10H,3,7H2,1-2H3,(H2,18,19,20,21,22)/t10-/m1/s1. The van der Waals surface area contributed by atoms with Gasteiger partial charge in [0.05, 0.1) is 12.7 Å². The van der Waals surface area contributed by atoms with E-state index in [0.29, 0.717) is 22.3 Å². The van der Waals surface area contributed by atoms with Crippen molar-refractivity contribution in [2.45, 2.75) is 24.4 Å². The van der Waals surface area contributed by atoms with Gasteiger partial charge in [-0.1, -0.05) is 34.6 Å². The van der Waals surface area contributed by atoms with E-state index >= 15 is 0 Å². The zero-order valence-electron chi connectivity index (χ0n) is 13.2. The average Bonchev–Trinajstić information content (AvgIpc) is 2.54. The molecular weight excluding hydrogens is 394 g/mol. The van der Waals surface area contributed by atoms with Crippen molar-refractivity contribution in [3.05, 3.63) is 44.2 Å². The SMILES string of the molecule is CCSc1nc2c(c(=O)[nH]1)[C@@H](c1cc(Br)ccc1OC)CC(=O)N2. The minimum atomic E-state index is -0.405. The van der Waals surface area contributed by atoms with Crippen LogP contribution >= 0.6 is 27.7 Å². The van der Waals surface area contributed by atoms with Crippen molar-refractivity contribution in [1.82, 2.24) is 9.97 Å². The molecule has 0 aliphatic carbocycles. The van der Waals surface area contributed by atoms with Gasteiger partial charge in [0.2, 0.25) is 5.91 Å². The van der Waals surface area contributed by atoms with Crippen LogP contribution in [0.5, 0.6) is 5.75 Å². The molecule has 1 atom stereocenters. The highest BCUT2D eigenvalue weighted by atomic mass is 79.9. The van der Waals surface area contributed by atoms with Crippen LogP contribution in [0.3, 0.4) is 0 Å². The molecule has 2 heterocycles. The monoisotopic (exact) mass is 409 g/mol. The number of halogens is 1. The Morgan fingerprint density at radius 3 is 2.92 bits per heavy atom. The summed E-state index contributed by atoms with van der Waals surface area (Å²) in [5, 5.41) is 3.22. The Labute approximate surface area is 151 Å². The maximum Gasteiger partial charge on any atom is 0.257 e. The third-order valence-corrected chi connectivity index (χ3v) is 5.03. The number of thioether (sulfide) groups is 1. The Morgan fingerprint density at radius 1 is 1.42 bits per heavy atom. The van der Waals surface area contributed by atoms with Crippen molar-refractivity contribution in [2.24, 2.45) is 0 Å². The van der Waals surface area contributed by atoms with Crippen molar-refractivity contribution in [3.63, 3.8) is 0 Å². The summed E-state index contributed by atoms with van der Waals surface area (Å²) in [5.74, 6) is 1.17. The fraction of sp³-hybridized carbons (Fsp3) is 0.312. The van der Waals surface area contributed by atoms with Crippen molar-refractivity contribution >= 4 is 39.4 Å². The maximum absolute atomic E-state index is 12.6. The summed E-state index contributed by atoms with van der Waals surface area (Å²) in [5.41, 5.74) is 1.01. The minimum Gasteiger partial charge on any atom is -0.496 e. The fourth-order valence-corrected chi connectivity index (χ4v) is 3.77. The number of carbonyl (C=O) groups is 1. The third kappa shape index (κ3) is 3.21. The van der Waals surface area contributed by atoms with E-state index < -0.39 is 5.92 Å². The van der Waals surface area contributed by atoms with Gasteiger partial charge < -0.3 is 15.0 Å². The van der Waals surface area contributed by atoms with Gasteiger partial charge in [0.1, 0.15) is 11.6 Å². The second kappa shape index (κ2) is 6.98. The molecule has 0 spiro atoms. The first-order chi connectivity index (χ1) is 11.5. The molecule has 2 aromatic rings. The fourth-order valence-electron chi connectivity index (χ4n) is 2.80. The summed E-state index contributed by atoms with van der Waals surface area (Å²) in [6.07, 6.45) is 0.171. The van der Waals surface area contributed by atoms with Crippen LogP contribution in [0.4, 0.5) is 5.82 Å². The van der Waals surface area contributed by atoms with E-state index in [9.17, 15) is 9.59 Å². The number of carbonyl (C=O) groups excluding carboxylic acids is 1. The molecule has 0 radical (unpaired) electrons. The Hall–Kier alpha value is -1.80. The van der Waals surface area contributed by atoms with Gasteiger partial charge in [0.25, 0.3) is 5.56 Å². The Balaban J connectivity index is 2.18. The van der Waals surface area contributed by atoms with Gasteiger partial charge in [-0.15, -0.1) is 0 Å². The first kappa shape index (κ1) is 17.0. The van der Waals surface area contributed by atoms with E-state index in [0.717, 1.165) is 15.8 Å². The molecule has 0 saturated carbocycles. The van der Waals surface area contributed by atoms with E-state index in [2.05, 4.69) is 31.2 Å². The van der Waals surface area contributed by atoms with Gasteiger partial charge in [-0.25, -0.2) is 4.98 Å². The zero-order valence-corrected chi connectivity index (χ0v) is 15.6. The quantitative estimate of drug-likeness (QED) is 0.598. The number of nitrogens with one attached hydrogen (secondary N) is 2. The molecule has 0 fully saturated rings. The number of hydrogen-bond donors (Lipinski definition) is 2. The van der Waals surface area contributed by atoms with E-state index in [-0.39, 0.29) is 17.9 Å². The molecule has 1 aromatic carbocycles. The number of fused-ring (bicyclic) bond motifs is 1. The first-order valence-electron chi connectivity index (χ1n) is 7.43. The number of ether oxygens (including phenoxy) is 1. The Kier molecular flexibility index (Phi) is 4.96. The highest BCUT2D eigenvalue weighted by molar-refractivity contribution is 9.10. The van der Waals surface area contributed by atoms with Crippen LogP contribution < -0.4 is 15.6 Å². The van der Waals surface area contributed by atoms with Crippen LogP contribution in [-0.4, -0.2) is 28.7 Å². The normalized spacial score (nSPS) is 16.5. The number of methoxy groups -OCH3 is 1. The molecule has 2 N–H and O–H groups in total. The predicted molar refractivity (Wildman–Crippen MR) is 97.0 cm³/mol. The van der Waals surface area contributed by atoms with E-state index in [1.54, 1.807) is 7.11 Å². The smallest absolute Gasteiger partial charge is 0.257 e. The molecular formula is C16H16BrN3O3S. The van der Waals surface area contributed by atoms with Crippen LogP contribution in [-0.2, 0) is 4.79 Å². The lowest BCUT2D eigenvalue weighted by Gasteiger charge is -2.25. The number of aromatic amines is 1. The summed E-state index contributed by atoms with van der Waals surface area (Å²) in [6.45, 7) is 1.97. The van der Waals surface area contributed by atoms with Crippen LogP contribution in [0.1, 0.15) is 30.4 Å². The van der Waals surface area contributed by atoms with Gasteiger partial charge in [-0.2, -0.15) is 0 Å². The zero-order chi connectivity index (χ0) is 17.3. The number of benzene rings is 1. The highest BCUT2D eigenvalue weighted by Crippen LogP contribution is 2.39. The molecule has 0 bridgehead atoms. The van der Waals surface area contributed by atoms with Crippen LogP contribution in [0.15, 0.2) is 32.6 Å². The molecule has 0 unspecified atom stereocenters. The maximum atomic E-state index is 12.6. The lowest BCUT2D eigenvalue weighted by atomic mass is 9.86. The second-order valence-corrected chi connectivity index (χ2v) is 7.43. The second-order valence-electron chi connectivity index (χ2n) is 5.26. The van der Waals surface area contributed by atoms with Crippen LogP contribution in [0, 0.1) is 0 Å². The molecule has 1 aliphatic heterocycles. The summed E-state index contributed by atoms with van der Waals surface area (Å²) in [7, 11) is 1.57. The van der Waals surface area contributed by atoms with Gasteiger partial charge >= 0.3 is 0 Å². The molecule has 3 rings (SSSR count). The van der Waals surface area contributed by atoms with Crippen molar-refractivity contribution < 1.29 is 9.53 Å². The van der Waals surface area contributed by atoms with E-state index in [1.807, 2.05) is 25.1 Å².